The van der Waals surface area contributed by atoms with Crippen molar-refractivity contribution in [3.05, 3.63) is 12.1 Å². The molecule has 2 aliphatic heterocycles. The molecule has 0 N–H and O–H groups in total. The average molecular weight is 439 g/mol. The van der Waals surface area contributed by atoms with E-state index in [0.717, 1.165) is 6.42 Å². The summed E-state index contributed by atoms with van der Waals surface area (Å²) in [5.41, 5.74) is -0.701. The highest BCUT2D eigenvalue weighted by Gasteiger charge is 2.50. The maximum absolute atomic E-state index is 12.5. The maximum Gasteiger partial charge on any atom is 0.486 e. The molecular weight excluding hydrogens is 397 g/mol. The third-order valence-corrected chi connectivity index (χ3v) is 11.5. The first-order chi connectivity index (χ1) is 13.5. The van der Waals surface area contributed by atoms with Crippen molar-refractivity contribution in [2.75, 3.05) is 19.7 Å². The van der Waals surface area contributed by atoms with Crippen molar-refractivity contribution in [1.82, 2.24) is 4.90 Å². The summed E-state index contributed by atoms with van der Waals surface area (Å²) in [5.74, 6) is 1.99. The van der Waals surface area contributed by atoms with Gasteiger partial charge in [0.2, 0.25) is 0 Å². The number of carbonyl (C=O) groups is 1. The smallest absolute Gasteiger partial charge is 0.449 e. The number of hydrogen-bond donors (Lipinski definition) is 0. The molecule has 1 amide bonds. The van der Waals surface area contributed by atoms with E-state index < -0.39 is 8.32 Å². The fourth-order valence-corrected chi connectivity index (χ4v) is 4.56. The van der Waals surface area contributed by atoms with Gasteiger partial charge in [0.25, 0.3) is 0 Å². The fourth-order valence-electron chi connectivity index (χ4n) is 3.18. The molecule has 0 aliphatic carbocycles. The zero-order chi connectivity index (χ0) is 23.0. The Bertz CT molecular complexity index is 628. The molecule has 2 fully saturated rings. The van der Waals surface area contributed by atoms with E-state index >= 15 is 0 Å². The molecule has 1 unspecified atom stereocenters. The molecule has 2 aliphatic rings. The minimum atomic E-state index is -1.83. The van der Waals surface area contributed by atoms with Crippen LogP contribution in [0.25, 0.3) is 0 Å². The lowest BCUT2D eigenvalue weighted by atomic mass is 9.88. The first-order valence-corrected chi connectivity index (χ1v) is 14.1. The van der Waals surface area contributed by atoms with Gasteiger partial charge in [-0.3, -0.25) is 0 Å². The van der Waals surface area contributed by atoms with Crippen molar-refractivity contribution in [2.45, 2.75) is 97.2 Å². The van der Waals surface area contributed by atoms with Crippen LogP contribution in [-0.2, 0) is 18.5 Å². The Labute approximate surface area is 184 Å². The lowest BCUT2D eigenvalue weighted by molar-refractivity contribution is 0.00578. The molecule has 0 aromatic rings. The predicted molar refractivity (Wildman–Crippen MR) is 124 cm³/mol. The first-order valence-electron chi connectivity index (χ1n) is 11.2. The molecular formula is C22H42BNO5Si. The molecule has 0 saturated carbocycles. The summed E-state index contributed by atoms with van der Waals surface area (Å²) in [6, 6.07) is 0. The molecule has 2 atom stereocenters. The van der Waals surface area contributed by atoms with E-state index in [4.69, 9.17) is 18.5 Å². The van der Waals surface area contributed by atoms with Gasteiger partial charge in [0, 0.05) is 19.0 Å². The largest absolute Gasteiger partial charge is 0.486 e. The van der Waals surface area contributed by atoms with Crippen LogP contribution in [0.5, 0.6) is 0 Å². The molecule has 0 spiro atoms. The minimum Gasteiger partial charge on any atom is -0.449 e. The maximum atomic E-state index is 12.5. The van der Waals surface area contributed by atoms with Crippen LogP contribution >= 0.6 is 0 Å². The minimum absolute atomic E-state index is 0.0786. The number of nitrogens with zero attached hydrogens (tertiary/aromatic N) is 1. The molecule has 2 rings (SSSR count). The van der Waals surface area contributed by atoms with Crippen LogP contribution in [-0.4, -0.2) is 63.4 Å². The first kappa shape index (κ1) is 25.4. The Morgan fingerprint density at radius 2 is 1.80 bits per heavy atom. The Morgan fingerprint density at radius 1 is 1.23 bits per heavy atom. The van der Waals surface area contributed by atoms with Crippen molar-refractivity contribution in [2.24, 2.45) is 5.92 Å². The summed E-state index contributed by atoms with van der Waals surface area (Å²) >= 11 is 0. The Kier molecular flexibility index (Phi) is 7.60. The van der Waals surface area contributed by atoms with Crippen LogP contribution in [0, 0.1) is 5.92 Å². The molecule has 6 nitrogen and oxygen atoms in total. The number of likely N-dealkylation sites (tertiary alicyclic amines) is 1. The Balaban J connectivity index is 1.76. The van der Waals surface area contributed by atoms with Crippen LogP contribution in [0.3, 0.4) is 0 Å². The van der Waals surface area contributed by atoms with Crippen molar-refractivity contribution in [3.63, 3.8) is 0 Å². The molecule has 2 saturated heterocycles. The number of ether oxygens (including phenoxy) is 1. The van der Waals surface area contributed by atoms with Crippen LogP contribution < -0.4 is 0 Å². The van der Waals surface area contributed by atoms with Gasteiger partial charge in [-0.1, -0.05) is 39.7 Å². The summed E-state index contributed by atoms with van der Waals surface area (Å²) in [7, 11) is -2.20. The monoisotopic (exact) mass is 439 g/mol. The summed E-state index contributed by atoms with van der Waals surface area (Å²) in [5, 5.41) is 0.167. The molecule has 2 heterocycles. The summed E-state index contributed by atoms with van der Waals surface area (Å²) in [6.45, 7) is 23.0. The lowest BCUT2D eigenvalue weighted by Gasteiger charge is -2.38. The summed E-state index contributed by atoms with van der Waals surface area (Å²) in [6.07, 6.45) is 2.72. The highest BCUT2D eigenvalue weighted by molar-refractivity contribution is 6.74. The number of hydrogen-bond acceptors (Lipinski definition) is 5. The van der Waals surface area contributed by atoms with Gasteiger partial charge in [-0.05, 0) is 52.2 Å². The number of rotatable bonds is 6. The molecule has 0 aromatic heterocycles. The quantitative estimate of drug-likeness (QED) is 0.543. The van der Waals surface area contributed by atoms with E-state index in [1.807, 2.05) is 46.7 Å². The number of carbonyl (C=O) groups excluding carboxylic acids is 1. The van der Waals surface area contributed by atoms with Gasteiger partial charge in [-0.25, -0.2) is 4.79 Å². The van der Waals surface area contributed by atoms with Gasteiger partial charge in [0.1, 0.15) is 0 Å². The zero-order valence-electron chi connectivity index (χ0n) is 20.7. The second-order valence-corrected chi connectivity index (χ2v) is 16.1. The van der Waals surface area contributed by atoms with Gasteiger partial charge in [-0.15, -0.1) is 0 Å². The third kappa shape index (κ3) is 6.11. The molecule has 0 aromatic carbocycles. The van der Waals surface area contributed by atoms with Crippen molar-refractivity contribution in [3.8, 4) is 0 Å². The van der Waals surface area contributed by atoms with E-state index in [2.05, 4.69) is 33.9 Å². The topological polar surface area (TPSA) is 57.2 Å². The molecule has 0 bridgehead atoms. The highest BCUT2D eigenvalue weighted by Crippen LogP contribution is 2.38. The van der Waals surface area contributed by atoms with Crippen molar-refractivity contribution in [1.29, 1.82) is 0 Å². The van der Waals surface area contributed by atoms with Gasteiger partial charge in [0.15, 0.2) is 8.32 Å². The molecule has 172 valence electrons. The van der Waals surface area contributed by atoms with Crippen LogP contribution in [0.15, 0.2) is 12.1 Å². The van der Waals surface area contributed by atoms with E-state index in [1.165, 1.54) is 0 Å². The molecule has 8 heteroatoms. The van der Waals surface area contributed by atoms with E-state index in [9.17, 15) is 4.79 Å². The van der Waals surface area contributed by atoms with Crippen LogP contribution in [0.1, 0.15) is 61.8 Å². The van der Waals surface area contributed by atoms with E-state index in [1.54, 1.807) is 4.90 Å². The lowest BCUT2D eigenvalue weighted by Crippen LogP contribution is -2.44. The molecule has 0 radical (unpaired) electrons. The second-order valence-electron chi connectivity index (χ2n) is 11.3. The highest BCUT2D eigenvalue weighted by atomic mass is 28.4. The van der Waals surface area contributed by atoms with Crippen LogP contribution in [0.4, 0.5) is 4.79 Å². The summed E-state index contributed by atoms with van der Waals surface area (Å²) in [4.78, 5) is 14.2. The summed E-state index contributed by atoms with van der Waals surface area (Å²) < 4.78 is 23.9. The van der Waals surface area contributed by atoms with Gasteiger partial charge < -0.3 is 23.4 Å². The van der Waals surface area contributed by atoms with E-state index in [0.29, 0.717) is 19.7 Å². The Morgan fingerprint density at radius 3 is 2.33 bits per heavy atom. The normalized spacial score (nSPS) is 25.2. The third-order valence-electron chi connectivity index (χ3n) is 7.01. The SMILES string of the molecule is CC(/C=C/B1OC(C)(C)C(C)(C)O1)COC(=O)N1CC[C@@H](O[Si](C)(C)C(C)(C)C)C1. The number of amides is 1. The van der Waals surface area contributed by atoms with Gasteiger partial charge in [0.05, 0.1) is 23.9 Å². The second kappa shape index (κ2) is 8.96. The van der Waals surface area contributed by atoms with Crippen LogP contribution in [0.2, 0.25) is 18.1 Å². The van der Waals surface area contributed by atoms with Gasteiger partial charge >= 0.3 is 13.2 Å². The van der Waals surface area contributed by atoms with Crippen molar-refractivity contribution < 1.29 is 23.3 Å². The predicted octanol–water partition coefficient (Wildman–Crippen LogP) is 5.04. The average Bonchev–Trinajstić information content (AvgIpc) is 3.11. The standard InChI is InChI=1S/C22H42BNO5Si/c1-17(11-13-23-28-21(5,6)22(7,8)29-23)16-26-19(25)24-14-12-18(15-24)27-30(9,10)20(2,3)4/h11,13,17-18H,12,14-16H2,1-10H3/b13-11+/t17?,18-/m1/s1. The van der Waals surface area contributed by atoms with Crippen molar-refractivity contribution >= 4 is 21.5 Å². The zero-order valence-corrected chi connectivity index (χ0v) is 21.7. The molecule has 30 heavy (non-hydrogen) atoms. The van der Waals surface area contributed by atoms with E-state index in [-0.39, 0.29) is 41.5 Å². The van der Waals surface area contributed by atoms with Gasteiger partial charge in [-0.2, -0.15) is 0 Å². The Hall–Kier alpha value is -0.828. The fraction of sp³-hybridized carbons (Fsp3) is 0.864.